The van der Waals surface area contributed by atoms with Crippen molar-refractivity contribution in [3.63, 3.8) is 0 Å². The number of rotatable bonds is 5. The number of hydrogen-bond donors (Lipinski definition) is 2. The lowest BCUT2D eigenvalue weighted by molar-refractivity contribution is 0.530. The Balaban J connectivity index is 2.04. The SMILES string of the molecule is SNCCSCc1ccco1. The van der Waals surface area contributed by atoms with E-state index in [2.05, 4.69) is 17.5 Å². The predicted molar refractivity (Wildman–Crippen MR) is 51.9 cm³/mol. The second kappa shape index (κ2) is 5.57. The maximum Gasteiger partial charge on any atom is 0.113 e. The standard InChI is InChI=1S/C7H11NOS2/c10-8-3-5-11-6-7-2-1-4-9-7/h1-2,4,8,10H,3,5-6H2. The van der Waals surface area contributed by atoms with E-state index in [1.807, 2.05) is 23.9 Å². The summed E-state index contributed by atoms with van der Waals surface area (Å²) in [5.41, 5.74) is 0. The fourth-order valence-electron chi connectivity index (χ4n) is 0.685. The van der Waals surface area contributed by atoms with E-state index in [-0.39, 0.29) is 0 Å². The summed E-state index contributed by atoms with van der Waals surface area (Å²) >= 11 is 5.71. The molecule has 1 rings (SSSR count). The van der Waals surface area contributed by atoms with Crippen LogP contribution in [0.4, 0.5) is 0 Å². The Morgan fingerprint density at radius 2 is 2.55 bits per heavy atom. The molecular weight excluding hydrogens is 178 g/mol. The Hall–Kier alpha value is -0.0600. The Labute approximate surface area is 76.3 Å². The van der Waals surface area contributed by atoms with Gasteiger partial charge in [-0.15, -0.1) is 0 Å². The fraction of sp³-hybridized carbons (Fsp3) is 0.429. The summed E-state index contributed by atoms with van der Waals surface area (Å²) in [6.45, 7) is 0.925. The third-order valence-electron chi connectivity index (χ3n) is 1.18. The van der Waals surface area contributed by atoms with E-state index in [0.29, 0.717) is 0 Å². The van der Waals surface area contributed by atoms with Gasteiger partial charge in [-0.3, -0.25) is 4.72 Å². The highest BCUT2D eigenvalue weighted by Crippen LogP contribution is 2.11. The van der Waals surface area contributed by atoms with Crippen molar-refractivity contribution < 1.29 is 4.42 Å². The Morgan fingerprint density at radius 1 is 1.64 bits per heavy atom. The fourth-order valence-corrected chi connectivity index (χ4v) is 1.70. The molecule has 0 bridgehead atoms. The maximum atomic E-state index is 5.15. The van der Waals surface area contributed by atoms with Crippen LogP contribution in [0.1, 0.15) is 5.76 Å². The Kier molecular flexibility index (Phi) is 4.58. The first-order chi connectivity index (χ1) is 5.43. The lowest BCUT2D eigenvalue weighted by atomic mass is 10.5. The molecule has 1 aromatic heterocycles. The van der Waals surface area contributed by atoms with E-state index >= 15 is 0 Å². The molecule has 0 aliphatic heterocycles. The van der Waals surface area contributed by atoms with Crippen LogP contribution in [0.25, 0.3) is 0 Å². The first-order valence-corrected chi connectivity index (χ1v) is 5.01. The first-order valence-electron chi connectivity index (χ1n) is 3.40. The van der Waals surface area contributed by atoms with Crippen molar-refractivity contribution in [2.45, 2.75) is 5.75 Å². The molecule has 2 nitrogen and oxygen atoms in total. The van der Waals surface area contributed by atoms with Gasteiger partial charge in [-0.2, -0.15) is 11.8 Å². The smallest absolute Gasteiger partial charge is 0.113 e. The van der Waals surface area contributed by atoms with Crippen molar-refractivity contribution in [3.8, 4) is 0 Å². The van der Waals surface area contributed by atoms with Crippen molar-refractivity contribution >= 4 is 24.6 Å². The molecular formula is C7H11NOS2. The van der Waals surface area contributed by atoms with E-state index < -0.39 is 0 Å². The first kappa shape index (κ1) is 9.03. The highest BCUT2D eigenvalue weighted by molar-refractivity contribution is 7.98. The molecule has 1 N–H and O–H groups in total. The summed E-state index contributed by atoms with van der Waals surface area (Å²) in [4.78, 5) is 0. The van der Waals surface area contributed by atoms with Gasteiger partial charge in [-0.05, 0) is 12.1 Å². The molecule has 62 valence electrons. The van der Waals surface area contributed by atoms with Gasteiger partial charge < -0.3 is 4.42 Å². The van der Waals surface area contributed by atoms with Crippen LogP contribution in [0.2, 0.25) is 0 Å². The minimum Gasteiger partial charge on any atom is -0.468 e. The molecule has 0 aliphatic rings. The third kappa shape index (κ3) is 3.74. The summed E-state index contributed by atoms with van der Waals surface area (Å²) in [5.74, 6) is 3.04. The number of nitrogens with one attached hydrogen (secondary N) is 1. The molecule has 0 amide bonds. The molecule has 0 aliphatic carbocycles. The molecule has 0 saturated heterocycles. The van der Waals surface area contributed by atoms with Crippen molar-refractivity contribution in [1.82, 2.24) is 4.72 Å². The molecule has 0 radical (unpaired) electrons. The van der Waals surface area contributed by atoms with E-state index in [1.165, 1.54) is 0 Å². The van der Waals surface area contributed by atoms with Gasteiger partial charge in [0.25, 0.3) is 0 Å². The molecule has 0 spiro atoms. The Morgan fingerprint density at radius 3 is 3.18 bits per heavy atom. The summed E-state index contributed by atoms with van der Waals surface area (Å²) in [6.07, 6.45) is 1.70. The van der Waals surface area contributed by atoms with Gasteiger partial charge >= 0.3 is 0 Å². The van der Waals surface area contributed by atoms with Gasteiger partial charge in [0, 0.05) is 12.3 Å². The number of hydrogen-bond acceptors (Lipinski definition) is 4. The molecule has 11 heavy (non-hydrogen) atoms. The monoisotopic (exact) mass is 189 g/mol. The highest BCUT2D eigenvalue weighted by Gasteiger charge is 1.93. The lowest BCUT2D eigenvalue weighted by Gasteiger charge is -1.96. The molecule has 0 aromatic carbocycles. The van der Waals surface area contributed by atoms with Crippen LogP contribution in [0, 0.1) is 0 Å². The van der Waals surface area contributed by atoms with Crippen LogP contribution in [-0.4, -0.2) is 12.3 Å². The van der Waals surface area contributed by atoms with E-state index in [0.717, 1.165) is 23.8 Å². The number of thioether (sulfide) groups is 1. The molecule has 1 aromatic rings. The molecule has 0 fully saturated rings. The normalized spacial score (nSPS) is 10.3. The van der Waals surface area contributed by atoms with Crippen LogP contribution in [-0.2, 0) is 5.75 Å². The molecule has 0 atom stereocenters. The second-order valence-corrected chi connectivity index (χ2v) is 3.46. The van der Waals surface area contributed by atoms with Gasteiger partial charge in [-0.1, -0.05) is 12.8 Å². The van der Waals surface area contributed by atoms with Crippen molar-refractivity contribution in [1.29, 1.82) is 0 Å². The van der Waals surface area contributed by atoms with Crippen LogP contribution in [0.5, 0.6) is 0 Å². The van der Waals surface area contributed by atoms with Crippen molar-refractivity contribution in [2.75, 3.05) is 12.3 Å². The maximum absolute atomic E-state index is 5.15. The summed E-state index contributed by atoms with van der Waals surface area (Å²) in [6, 6.07) is 3.90. The zero-order chi connectivity index (χ0) is 7.94. The average molecular weight is 189 g/mol. The van der Waals surface area contributed by atoms with Gasteiger partial charge in [0.05, 0.1) is 12.0 Å². The average Bonchev–Trinajstić information content (AvgIpc) is 2.50. The van der Waals surface area contributed by atoms with Crippen LogP contribution in [0.15, 0.2) is 22.8 Å². The van der Waals surface area contributed by atoms with Crippen LogP contribution in [0.3, 0.4) is 0 Å². The summed E-state index contributed by atoms with van der Waals surface area (Å²) in [7, 11) is 0. The molecule has 1 heterocycles. The third-order valence-corrected chi connectivity index (χ3v) is 2.39. The Bertz CT molecular complexity index is 177. The van der Waals surface area contributed by atoms with Gasteiger partial charge in [0.15, 0.2) is 0 Å². The molecule has 0 saturated carbocycles. The van der Waals surface area contributed by atoms with Gasteiger partial charge in [-0.25, -0.2) is 0 Å². The minimum absolute atomic E-state index is 0.925. The van der Waals surface area contributed by atoms with E-state index in [4.69, 9.17) is 4.42 Å². The highest BCUT2D eigenvalue weighted by atomic mass is 32.2. The number of furan rings is 1. The zero-order valence-corrected chi connectivity index (χ0v) is 7.83. The van der Waals surface area contributed by atoms with E-state index in [1.54, 1.807) is 6.26 Å². The topological polar surface area (TPSA) is 25.2 Å². The summed E-state index contributed by atoms with van der Waals surface area (Å²) in [5, 5.41) is 0. The van der Waals surface area contributed by atoms with Crippen LogP contribution < -0.4 is 4.72 Å². The molecule has 4 heteroatoms. The van der Waals surface area contributed by atoms with Crippen LogP contribution >= 0.6 is 24.6 Å². The number of thiol groups is 1. The van der Waals surface area contributed by atoms with E-state index in [9.17, 15) is 0 Å². The molecule has 0 unspecified atom stereocenters. The summed E-state index contributed by atoms with van der Waals surface area (Å²) < 4.78 is 7.94. The minimum atomic E-state index is 0.925. The van der Waals surface area contributed by atoms with Crippen molar-refractivity contribution in [3.05, 3.63) is 24.2 Å². The van der Waals surface area contributed by atoms with Gasteiger partial charge in [0.2, 0.25) is 0 Å². The predicted octanol–water partition coefficient (Wildman–Crippen LogP) is 1.95. The largest absolute Gasteiger partial charge is 0.468 e. The zero-order valence-electron chi connectivity index (χ0n) is 6.12. The van der Waals surface area contributed by atoms with Crippen molar-refractivity contribution in [2.24, 2.45) is 0 Å². The quantitative estimate of drug-likeness (QED) is 0.547. The van der Waals surface area contributed by atoms with Gasteiger partial charge in [0.1, 0.15) is 5.76 Å². The second-order valence-electron chi connectivity index (χ2n) is 2.04. The lowest BCUT2D eigenvalue weighted by Crippen LogP contribution is -2.03.